The van der Waals surface area contributed by atoms with Gasteiger partial charge in [0.05, 0.1) is 37.8 Å². The Balaban J connectivity index is 1.62. The summed E-state index contributed by atoms with van der Waals surface area (Å²) in [6, 6.07) is 3.30. The van der Waals surface area contributed by atoms with Crippen molar-refractivity contribution in [2.75, 3.05) is 20.3 Å². The van der Waals surface area contributed by atoms with Gasteiger partial charge in [-0.1, -0.05) is 25.8 Å². The standard InChI is InChI=1S/C21H28FN3O3/c1-11-3-5-12(6-4-11)18(23)20-24-16-8-7-13(17(22)19(16)25-20)14-9-28-10-15(14)21(26)27-2/h7-8,11-12,14-15,18H,3-6,9-10,23H2,1-2H3,(H,24,25). The molecule has 1 aliphatic heterocycles. The van der Waals surface area contributed by atoms with Crippen molar-refractivity contribution < 1.29 is 18.7 Å². The Morgan fingerprint density at radius 3 is 2.79 bits per heavy atom. The number of aromatic nitrogens is 2. The van der Waals surface area contributed by atoms with Crippen molar-refractivity contribution in [3.8, 4) is 0 Å². The van der Waals surface area contributed by atoms with Gasteiger partial charge in [0.1, 0.15) is 11.3 Å². The van der Waals surface area contributed by atoms with Crippen LogP contribution in [0.25, 0.3) is 11.0 Å². The number of rotatable bonds is 4. The lowest BCUT2D eigenvalue weighted by molar-refractivity contribution is -0.145. The van der Waals surface area contributed by atoms with E-state index in [1.165, 1.54) is 20.0 Å². The van der Waals surface area contributed by atoms with Crippen molar-refractivity contribution in [2.24, 2.45) is 23.5 Å². The van der Waals surface area contributed by atoms with Gasteiger partial charge in [-0.2, -0.15) is 0 Å². The number of hydrogen-bond donors (Lipinski definition) is 2. The topological polar surface area (TPSA) is 90.2 Å². The Kier molecular flexibility index (Phi) is 5.38. The third-order valence-electron chi connectivity index (χ3n) is 6.51. The predicted molar refractivity (Wildman–Crippen MR) is 103 cm³/mol. The normalized spacial score (nSPS) is 29.1. The number of benzene rings is 1. The van der Waals surface area contributed by atoms with Crippen molar-refractivity contribution in [1.29, 1.82) is 0 Å². The van der Waals surface area contributed by atoms with Gasteiger partial charge in [-0.3, -0.25) is 4.79 Å². The van der Waals surface area contributed by atoms with Crippen LogP contribution in [0.5, 0.6) is 0 Å². The number of imidazole rings is 1. The number of esters is 1. The molecule has 0 spiro atoms. The molecule has 4 rings (SSSR count). The summed E-state index contributed by atoms with van der Waals surface area (Å²) in [7, 11) is 1.34. The lowest BCUT2D eigenvalue weighted by Crippen LogP contribution is -2.26. The molecule has 0 radical (unpaired) electrons. The van der Waals surface area contributed by atoms with E-state index in [1.807, 2.05) is 6.07 Å². The van der Waals surface area contributed by atoms with Crippen LogP contribution in [0, 0.1) is 23.6 Å². The maximum absolute atomic E-state index is 15.3. The number of carbonyl (C=O) groups excluding carboxylic acids is 1. The molecular weight excluding hydrogens is 361 g/mol. The quantitative estimate of drug-likeness (QED) is 0.782. The van der Waals surface area contributed by atoms with E-state index in [9.17, 15) is 4.79 Å². The minimum absolute atomic E-state index is 0.222. The molecule has 152 valence electrons. The largest absolute Gasteiger partial charge is 0.469 e. The van der Waals surface area contributed by atoms with Crippen LogP contribution in [0.1, 0.15) is 56.0 Å². The highest BCUT2D eigenvalue weighted by molar-refractivity contribution is 5.78. The Hall–Kier alpha value is -1.99. The number of hydrogen-bond acceptors (Lipinski definition) is 5. The van der Waals surface area contributed by atoms with Gasteiger partial charge in [-0.05, 0) is 36.3 Å². The first-order valence-corrected chi connectivity index (χ1v) is 10.1. The van der Waals surface area contributed by atoms with E-state index in [-0.39, 0.29) is 30.1 Å². The molecule has 28 heavy (non-hydrogen) atoms. The van der Waals surface area contributed by atoms with Crippen molar-refractivity contribution in [1.82, 2.24) is 9.97 Å². The van der Waals surface area contributed by atoms with Crippen molar-refractivity contribution in [2.45, 2.75) is 44.6 Å². The van der Waals surface area contributed by atoms with Gasteiger partial charge in [0.15, 0.2) is 5.82 Å². The molecule has 2 aliphatic rings. The summed E-state index contributed by atoms with van der Waals surface area (Å²) in [5, 5.41) is 0. The number of nitrogens with zero attached hydrogens (tertiary/aromatic N) is 1. The molecule has 2 aromatic rings. The van der Waals surface area contributed by atoms with E-state index in [2.05, 4.69) is 16.9 Å². The maximum atomic E-state index is 15.3. The molecular formula is C21H28FN3O3. The fraction of sp³-hybridized carbons (Fsp3) is 0.619. The van der Waals surface area contributed by atoms with Gasteiger partial charge in [-0.25, -0.2) is 9.37 Å². The molecule has 2 fully saturated rings. The SMILES string of the molecule is COC(=O)C1COCC1c1ccc2[nH]c(C(N)C3CCC(C)CC3)nc2c1F. The molecule has 2 heterocycles. The third kappa shape index (κ3) is 3.42. The first-order chi connectivity index (χ1) is 13.5. The number of methoxy groups -OCH3 is 1. The van der Waals surface area contributed by atoms with Crippen LogP contribution < -0.4 is 5.73 Å². The van der Waals surface area contributed by atoms with E-state index in [1.54, 1.807) is 6.07 Å². The highest BCUT2D eigenvalue weighted by Gasteiger charge is 2.38. The number of H-pyrrole nitrogens is 1. The highest BCUT2D eigenvalue weighted by atomic mass is 19.1. The van der Waals surface area contributed by atoms with Crippen LogP contribution in [0.15, 0.2) is 12.1 Å². The smallest absolute Gasteiger partial charge is 0.311 e. The number of halogens is 1. The van der Waals surface area contributed by atoms with Gasteiger partial charge >= 0.3 is 5.97 Å². The number of nitrogens with one attached hydrogen (secondary N) is 1. The van der Waals surface area contributed by atoms with Gasteiger partial charge in [0, 0.05) is 5.92 Å². The average molecular weight is 389 g/mol. The second-order valence-corrected chi connectivity index (χ2v) is 8.31. The molecule has 7 heteroatoms. The summed E-state index contributed by atoms with van der Waals surface area (Å²) >= 11 is 0. The fourth-order valence-electron chi connectivity index (χ4n) is 4.63. The summed E-state index contributed by atoms with van der Waals surface area (Å²) in [5.41, 5.74) is 7.82. The molecule has 3 N–H and O–H groups in total. The van der Waals surface area contributed by atoms with Crippen LogP contribution in [-0.2, 0) is 14.3 Å². The maximum Gasteiger partial charge on any atom is 0.311 e. The Labute approximate surface area is 164 Å². The minimum atomic E-state index is -0.498. The molecule has 3 atom stereocenters. The van der Waals surface area contributed by atoms with Gasteiger partial charge < -0.3 is 20.2 Å². The van der Waals surface area contributed by atoms with E-state index in [0.29, 0.717) is 29.4 Å². The first-order valence-electron chi connectivity index (χ1n) is 10.1. The lowest BCUT2D eigenvalue weighted by atomic mass is 9.79. The van der Waals surface area contributed by atoms with Crippen LogP contribution in [0.4, 0.5) is 4.39 Å². The Bertz CT molecular complexity index is 860. The average Bonchev–Trinajstić information content (AvgIpc) is 3.35. The second kappa shape index (κ2) is 7.79. The minimum Gasteiger partial charge on any atom is -0.469 e. The monoisotopic (exact) mass is 389 g/mol. The molecule has 0 bridgehead atoms. The van der Waals surface area contributed by atoms with Gasteiger partial charge in [-0.15, -0.1) is 0 Å². The molecule has 6 nitrogen and oxygen atoms in total. The van der Waals surface area contributed by atoms with E-state index >= 15 is 4.39 Å². The zero-order chi connectivity index (χ0) is 19.8. The van der Waals surface area contributed by atoms with Crippen LogP contribution in [0.3, 0.4) is 0 Å². The van der Waals surface area contributed by atoms with Crippen LogP contribution in [0.2, 0.25) is 0 Å². The van der Waals surface area contributed by atoms with Crippen molar-refractivity contribution >= 4 is 17.0 Å². The molecule has 0 amide bonds. The number of ether oxygens (including phenoxy) is 2. The molecule has 1 saturated carbocycles. The number of carbonyl (C=O) groups is 1. The molecule has 1 aromatic carbocycles. The summed E-state index contributed by atoms with van der Waals surface area (Å²) in [6.07, 6.45) is 4.50. The zero-order valence-electron chi connectivity index (χ0n) is 16.4. The van der Waals surface area contributed by atoms with Gasteiger partial charge in [0.2, 0.25) is 0 Å². The number of nitrogens with two attached hydrogens (primary N) is 1. The summed E-state index contributed by atoms with van der Waals surface area (Å²) in [5.74, 6) is 0.0963. The summed E-state index contributed by atoms with van der Waals surface area (Å²) in [6.45, 7) is 2.80. The molecule has 1 aromatic heterocycles. The van der Waals surface area contributed by atoms with Crippen molar-refractivity contribution in [3.05, 3.63) is 29.3 Å². The van der Waals surface area contributed by atoms with Gasteiger partial charge in [0.25, 0.3) is 0 Å². The van der Waals surface area contributed by atoms with E-state index < -0.39 is 11.7 Å². The predicted octanol–water partition coefficient (Wildman–Crippen LogP) is 3.43. The first kappa shape index (κ1) is 19.3. The van der Waals surface area contributed by atoms with Crippen molar-refractivity contribution in [3.63, 3.8) is 0 Å². The molecule has 1 saturated heterocycles. The van der Waals surface area contributed by atoms with Crippen LogP contribution in [-0.4, -0.2) is 36.3 Å². The summed E-state index contributed by atoms with van der Waals surface area (Å²) in [4.78, 5) is 19.7. The van der Waals surface area contributed by atoms with Crippen LogP contribution >= 0.6 is 0 Å². The third-order valence-corrected chi connectivity index (χ3v) is 6.51. The summed E-state index contributed by atoms with van der Waals surface area (Å²) < 4.78 is 25.6. The Morgan fingerprint density at radius 2 is 2.07 bits per heavy atom. The number of aromatic amines is 1. The lowest BCUT2D eigenvalue weighted by Gasteiger charge is -2.29. The van der Waals surface area contributed by atoms with E-state index in [4.69, 9.17) is 15.2 Å². The van der Waals surface area contributed by atoms with E-state index in [0.717, 1.165) is 18.8 Å². The number of fused-ring (bicyclic) bond motifs is 1. The fourth-order valence-corrected chi connectivity index (χ4v) is 4.63. The second-order valence-electron chi connectivity index (χ2n) is 8.31. The highest BCUT2D eigenvalue weighted by Crippen LogP contribution is 2.37. The molecule has 3 unspecified atom stereocenters. The Morgan fingerprint density at radius 1 is 1.32 bits per heavy atom. The zero-order valence-corrected chi connectivity index (χ0v) is 16.4. The molecule has 1 aliphatic carbocycles.